The second-order valence-corrected chi connectivity index (χ2v) is 8.64. The van der Waals surface area contributed by atoms with Gasteiger partial charge in [-0.3, -0.25) is 0 Å². The number of H-pyrrole nitrogens is 1. The molecule has 1 unspecified atom stereocenters. The largest absolute Gasteiger partial charge is 0.394 e. The van der Waals surface area contributed by atoms with Crippen LogP contribution in [0.25, 0.3) is 22.5 Å². The van der Waals surface area contributed by atoms with Gasteiger partial charge in [-0.05, 0) is 13.8 Å². The van der Waals surface area contributed by atoms with Gasteiger partial charge < -0.3 is 33.8 Å². The van der Waals surface area contributed by atoms with E-state index in [1.165, 1.54) is 0 Å². The first-order valence-electron chi connectivity index (χ1n) is 12.0. The molecule has 4 rings (SSSR count). The molecule has 3 aromatic rings. The number of nitrogens with zero attached hydrogens (tertiary/aromatic N) is 1. The van der Waals surface area contributed by atoms with Crippen LogP contribution in [-0.4, -0.2) is 67.6 Å². The van der Waals surface area contributed by atoms with Crippen LogP contribution < -0.4 is 0 Å². The predicted octanol–water partition coefficient (Wildman–Crippen LogP) is 4.18. The maximum Gasteiger partial charge on any atom is 0.217 e. The number of hydrogen-bond donors (Lipinski definition) is 2. The average molecular weight is 483 g/mol. The Labute approximate surface area is 206 Å². The molecule has 1 atom stereocenters. The number of aromatic nitrogens is 2. The highest BCUT2D eigenvalue weighted by Crippen LogP contribution is 2.36. The summed E-state index contributed by atoms with van der Waals surface area (Å²) < 4.78 is 29.4. The maximum atomic E-state index is 9.12. The maximum absolute atomic E-state index is 9.12. The number of rotatable bonds is 12. The highest BCUT2D eigenvalue weighted by atomic mass is 16.7. The summed E-state index contributed by atoms with van der Waals surface area (Å²) in [6.07, 6.45) is -0.996. The third-order valence-electron chi connectivity index (χ3n) is 5.81. The number of aromatic amines is 1. The van der Waals surface area contributed by atoms with E-state index in [1.807, 2.05) is 74.5 Å². The zero-order valence-corrected chi connectivity index (χ0v) is 20.3. The number of aliphatic hydroxyl groups excluding tert-OH is 1. The summed E-state index contributed by atoms with van der Waals surface area (Å²) in [6.45, 7) is 5.92. The highest BCUT2D eigenvalue weighted by molar-refractivity contribution is 5.78. The molecule has 0 amide bonds. The highest BCUT2D eigenvalue weighted by Gasteiger charge is 2.40. The van der Waals surface area contributed by atoms with Crippen molar-refractivity contribution in [2.45, 2.75) is 26.4 Å². The van der Waals surface area contributed by atoms with E-state index in [0.717, 1.165) is 22.5 Å². The Morgan fingerprint density at radius 2 is 1.66 bits per heavy atom. The summed E-state index contributed by atoms with van der Waals surface area (Å²) in [4.78, 5) is 8.32. The van der Waals surface area contributed by atoms with Crippen LogP contribution in [0.3, 0.4) is 0 Å². The van der Waals surface area contributed by atoms with Crippen LogP contribution in [0.4, 0.5) is 0 Å². The van der Waals surface area contributed by atoms with Gasteiger partial charge in [-0.25, -0.2) is 4.98 Å². The lowest BCUT2D eigenvalue weighted by atomic mass is 9.91. The van der Waals surface area contributed by atoms with E-state index in [0.29, 0.717) is 38.9 Å². The van der Waals surface area contributed by atoms with Crippen LogP contribution in [0, 0.1) is 5.41 Å². The van der Waals surface area contributed by atoms with Crippen molar-refractivity contribution in [3.05, 3.63) is 66.5 Å². The molecule has 2 aromatic carbocycles. The third kappa shape index (κ3) is 6.55. The van der Waals surface area contributed by atoms with Crippen LogP contribution in [0.1, 0.15) is 26.0 Å². The van der Waals surface area contributed by atoms with Crippen molar-refractivity contribution in [2.24, 2.45) is 5.41 Å². The molecule has 2 N–H and O–H groups in total. The first kappa shape index (κ1) is 25.5. The smallest absolute Gasteiger partial charge is 0.217 e. The normalized spacial score (nSPS) is 21.2. The van der Waals surface area contributed by atoms with Gasteiger partial charge in [0, 0.05) is 17.7 Å². The molecule has 8 heteroatoms. The van der Waals surface area contributed by atoms with Crippen LogP contribution in [0.2, 0.25) is 0 Å². The molecule has 1 aliphatic rings. The summed E-state index contributed by atoms with van der Waals surface area (Å²) in [6, 6.07) is 20.1. The molecule has 188 valence electrons. The fourth-order valence-electron chi connectivity index (χ4n) is 4.01. The molecule has 2 heterocycles. The number of hydrogen-bond acceptors (Lipinski definition) is 7. The van der Waals surface area contributed by atoms with Crippen molar-refractivity contribution in [3.63, 3.8) is 0 Å². The molecular formula is C27H34N2O6. The van der Waals surface area contributed by atoms with E-state index < -0.39 is 11.7 Å². The second-order valence-electron chi connectivity index (χ2n) is 8.64. The lowest BCUT2D eigenvalue weighted by Gasteiger charge is -2.39. The van der Waals surface area contributed by atoms with Gasteiger partial charge in [0.2, 0.25) is 6.29 Å². The van der Waals surface area contributed by atoms with Crippen LogP contribution in [0.5, 0.6) is 0 Å². The fourth-order valence-corrected chi connectivity index (χ4v) is 4.01. The number of aliphatic hydroxyl groups is 1. The van der Waals surface area contributed by atoms with Gasteiger partial charge in [-0.1, -0.05) is 60.7 Å². The Morgan fingerprint density at radius 3 is 2.29 bits per heavy atom. The zero-order valence-electron chi connectivity index (χ0n) is 20.3. The first-order valence-corrected chi connectivity index (χ1v) is 12.0. The van der Waals surface area contributed by atoms with Crippen LogP contribution in [0.15, 0.2) is 60.7 Å². The van der Waals surface area contributed by atoms with E-state index in [4.69, 9.17) is 33.8 Å². The molecule has 1 fully saturated rings. The van der Waals surface area contributed by atoms with Gasteiger partial charge in [0.15, 0.2) is 12.1 Å². The summed E-state index contributed by atoms with van der Waals surface area (Å²) >= 11 is 0. The van der Waals surface area contributed by atoms with Gasteiger partial charge in [0.05, 0.1) is 56.4 Å². The minimum absolute atomic E-state index is 0.0481. The molecule has 0 saturated carbocycles. The van der Waals surface area contributed by atoms with Gasteiger partial charge in [0.1, 0.15) is 0 Å². The van der Waals surface area contributed by atoms with E-state index in [-0.39, 0.29) is 19.5 Å². The number of benzene rings is 2. The third-order valence-corrected chi connectivity index (χ3v) is 5.81. The topological polar surface area (TPSA) is 95.1 Å². The minimum Gasteiger partial charge on any atom is -0.394 e. The molecule has 0 bridgehead atoms. The Balaban J connectivity index is 1.52. The SMILES string of the molecule is CCOC(C)OC[C@]1(COCCO)CO[C@@H](c2nc(-c3ccccc3)c(-c3ccccc3)[nH]2)OC1. The van der Waals surface area contributed by atoms with Gasteiger partial charge in [-0.15, -0.1) is 0 Å². The van der Waals surface area contributed by atoms with E-state index in [9.17, 15) is 0 Å². The van der Waals surface area contributed by atoms with Crippen LogP contribution >= 0.6 is 0 Å². The molecule has 8 nitrogen and oxygen atoms in total. The molecule has 35 heavy (non-hydrogen) atoms. The summed E-state index contributed by atoms with van der Waals surface area (Å²) in [5, 5.41) is 9.12. The minimum atomic E-state index is -0.648. The lowest BCUT2D eigenvalue weighted by Crippen LogP contribution is -2.47. The van der Waals surface area contributed by atoms with Crippen molar-refractivity contribution in [1.29, 1.82) is 0 Å². The Bertz CT molecular complexity index is 962. The summed E-state index contributed by atoms with van der Waals surface area (Å²) in [7, 11) is 0. The Morgan fingerprint density at radius 1 is 1.00 bits per heavy atom. The Hall–Kier alpha value is -2.59. The van der Waals surface area contributed by atoms with E-state index >= 15 is 0 Å². The molecule has 1 aromatic heterocycles. The second kappa shape index (κ2) is 12.4. The number of ether oxygens (including phenoxy) is 5. The predicted molar refractivity (Wildman–Crippen MR) is 131 cm³/mol. The first-order chi connectivity index (χ1) is 17.1. The van der Waals surface area contributed by atoms with Crippen molar-refractivity contribution < 1.29 is 28.8 Å². The fraction of sp³-hybridized carbons (Fsp3) is 0.444. The van der Waals surface area contributed by atoms with Gasteiger partial charge in [0.25, 0.3) is 0 Å². The van der Waals surface area contributed by atoms with Crippen molar-refractivity contribution >= 4 is 0 Å². The molecule has 0 aliphatic carbocycles. The van der Waals surface area contributed by atoms with E-state index in [1.54, 1.807) is 0 Å². The van der Waals surface area contributed by atoms with Crippen molar-refractivity contribution in [2.75, 3.05) is 46.2 Å². The van der Waals surface area contributed by atoms with Crippen molar-refractivity contribution in [1.82, 2.24) is 9.97 Å². The van der Waals surface area contributed by atoms with Crippen LogP contribution in [-0.2, 0) is 23.7 Å². The van der Waals surface area contributed by atoms with Gasteiger partial charge >= 0.3 is 0 Å². The lowest BCUT2D eigenvalue weighted by molar-refractivity contribution is -0.267. The number of nitrogens with one attached hydrogen (secondary N) is 1. The monoisotopic (exact) mass is 482 g/mol. The van der Waals surface area contributed by atoms with Crippen molar-refractivity contribution in [3.8, 4) is 22.5 Å². The molecule has 1 aliphatic heterocycles. The zero-order chi connectivity index (χ0) is 24.5. The standard InChI is InChI=1S/C27H34N2O6/c1-3-32-20(2)33-17-27(16-31-15-14-30)18-34-26(35-19-27)25-28-23(21-10-6-4-7-11-21)24(29-25)22-12-8-5-9-13-22/h4-13,20,26,30H,3,14-19H2,1-2H3,(H,28,29)/t20?,26-,27-. The molecule has 0 spiro atoms. The molecule has 1 saturated heterocycles. The summed E-state index contributed by atoms with van der Waals surface area (Å²) in [5.41, 5.74) is 3.28. The average Bonchev–Trinajstić information content (AvgIpc) is 3.35. The quantitative estimate of drug-likeness (QED) is 0.295. The van der Waals surface area contributed by atoms with Gasteiger partial charge in [-0.2, -0.15) is 0 Å². The molecule has 0 radical (unpaired) electrons. The van der Waals surface area contributed by atoms with E-state index in [2.05, 4.69) is 4.98 Å². The Kier molecular flexibility index (Phi) is 9.03. The summed E-state index contributed by atoms with van der Waals surface area (Å²) in [5.74, 6) is 0.608. The number of imidazole rings is 1. The molecular weight excluding hydrogens is 448 g/mol.